The number of aromatic nitrogens is 2. The van der Waals surface area contributed by atoms with Crippen LogP contribution in [0.2, 0.25) is 0 Å². The SMILES string of the molecule is C=CC1CN2CCC1C[C@@H]2[C@@H](NC(=O)c1cccc[n+]1C)c1ccnc2ccccc12.S.S.[CH3-]. The Balaban J connectivity index is 0.00000136. The number of hydrogen-bond donors (Lipinski definition) is 1. The minimum atomic E-state index is -0.103. The van der Waals surface area contributed by atoms with Crippen molar-refractivity contribution in [2.75, 3.05) is 13.1 Å². The van der Waals surface area contributed by atoms with Crippen molar-refractivity contribution in [2.24, 2.45) is 18.9 Å². The number of para-hydroxylation sites is 1. The molecule has 0 radical (unpaired) electrons. The van der Waals surface area contributed by atoms with Crippen LogP contribution in [-0.4, -0.2) is 34.9 Å². The minimum absolute atomic E-state index is 0. The second kappa shape index (κ2) is 11.9. The van der Waals surface area contributed by atoms with Gasteiger partial charge in [0.2, 0.25) is 0 Å². The van der Waals surface area contributed by atoms with Gasteiger partial charge in [-0.25, -0.2) is 0 Å². The fourth-order valence-electron chi connectivity index (χ4n) is 5.47. The zero-order chi connectivity index (χ0) is 21.4. The standard InChI is InChI=1S/C26H28N4O.CH3.2H2S/c1-3-18-17-30-15-12-19(18)16-24(30)25(28-26(31)23-10-6-7-14-29(23)2)21-11-13-27-22-9-5-4-8-20(21)22;;;/h3-11,13-14,18-19,24-25H,1,12,15-17H2,2H3;1H3;2*1H2/q;-1;;/p+1/t18?,19?,24-,25+;;;/m1.../s1. The average Bonchev–Trinajstić information content (AvgIpc) is 2.82. The maximum atomic E-state index is 13.4. The van der Waals surface area contributed by atoms with Crippen LogP contribution in [0.4, 0.5) is 0 Å². The summed E-state index contributed by atoms with van der Waals surface area (Å²) in [5.74, 6) is 1.13. The van der Waals surface area contributed by atoms with Gasteiger partial charge in [0.25, 0.3) is 5.69 Å². The van der Waals surface area contributed by atoms with E-state index in [-0.39, 0.29) is 52.4 Å². The van der Waals surface area contributed by atoms with Gasteiger partial charge in [0.15, 0.2) is 6.20 Å². The van der Waals surface area contributed by atoms with Crippen molar-refractivity contribution in [3.63, 3.8) is 0 Å². The number of benzene rings is 1. The number of nitrogens with zero attached hydrogens (tertiary/aromatic N) is 3. The van der Waals surface area contributed by atoms with Crippen molar-refractivity contribution < 1.29 is 9.36 Å². The molecule has 3 aliphatic heterocycles. The van der Waals surface area contributed by atoms with Crippen molar-refractivity contribution >= 4 is 43.8 Å². The molecule has 182 valence electrons. The fraction of sp³-hybridized carbons (Fsp3) is 0.333. The Hall–Kier alpha value is -2.35. The number of carbonyl (C=O) groups excluding carboxylic acids is 1. The summed E-state index contributed by atoms with van der Waals surface area (Å²) < 4.78 is 1.87. The lowest BCUT2D eigenvalue weighted by atomic mass is 9.73. The van der Waals surface area contributed by atoms with Gasteiger partial charge in [-0.1, -0.05) is 24.3 Å². The van der Waals surface area contributed by atoms with Gasteiger partial charge < -0.3 is 12.7 Å². The number of hydrogen-bond acceptors (Lipinski definition) is 3. The van der Waals surface area contributed by atoms with Gasteiger partial charge in [-0.05, 0) is 55.0 Å². The molecule has 6 rings (SSSR count). The highest BCUT2D eigenvalue weighted by atomic mass is 32.1. The number of rotatable bonds is 5. The Morgan fingerprint density at radius 2 is 1.97 bits per heavy atom. The largest absolute Gasteiger partial charge is 0.358 e. The summed E-state index contributed by atoms with van der Waals surface area (Å²) in [6.45, 7) is 6.16. The van der Waals surface area contributed by atoms with E-state index >= 15 is 0 Å². The minimum Gasteiger partial charge on any atom is -0.358 e. The van der Waals surface area contributed by atoms with Crippen molar-refractivity contribution in [1.82, 2.24) is 15.2 Å². The Bertz CT molecular complexity index is 1130. The molecule has 34 heavy (non-hydrogen) atoms. The van der Waals surface area contributed by atoms with E-state index in [1.165, 1.54) is 6.42 Å². The monoisotopic (exact) mass is 496 g/mol. The van der Waals surface area contributed by atoms with Crippen LogP contribution >= 0.6 is 27.0 Å². The first kappa shape index (κ1) is 27.9. The van der Waals surface area contributed by atoms with Crippen LogP contribution in [0, 0.1) is 19.3 Å². The van der Waals surface area contributed by atoms with Crippen LogP contribution in [0.1, 0.15) is 34.9 Å². The molecule has 2 bridgehead atoms. The predicted octanol–water partition coefficient (Wildman–Crippen LogP) is 4.10. The summed E-state index contributed by atoms with van der Waals surface area (Å²) in [4.78, 5) is 20.5. The maximum Gasteiger partial charge on any atom is 0.316 e. The molecule has 0 saturated carbocycles. The van der Waals surface area contributed by atoms with Crippen molar-refractivity contribution in [3.8, 4) is 0 Å². The quantitative estimate of drug-likeness (QED) is 0.329. The third-order valence-corrected chi connectivity index (χ3v) is 7.13. The topological polar surface area (TPSA) is 49.1 Å². The molecule has 0 aliphatic carbocycles. The van der Waals surface area contributed by atoms with E-state index in [0.717, 1.165) is 36.0 Å². The smallest absolute Gasteiger partial charge is 0.316 e. The molecule has 5 atom stereocenters. The molecule has 5 heterocycles. The van der Waals surface area contributed by atoms with Crippen LogP contribution in [0.5, 0.6) is 0 Å². The third-order valence-electron chi connectivity index (χ3n) is 7.13. The molecular weight excluding hydrogens is 460 g/mol. The van der Waals surface area contributed by atoms with Gasteiger partial charge >= 0.3 is 5.91 Å². The number of fused-ring (bicyclic) bond motifs is 4. The summed E-state index contributed by atoms with van der Waals surface area (Å²) in [6, 6.07) is 16.2. The molecule has 0 spiro atoms. The zero-order valence-electron chi connectivity index (χ0n) is 19.9. The summed E-state index contributed by atoms with van der Waals surface area (Å²) >= 11 is 0. The summed E-state index contributed by atoms with van der Waals surface area (Å²) in [5.41, 5.74) is 2.76. The molecule has 1 N–H and O–H groups in total. The van der Waals surface area contributed by atoms with Crippen LogP contribution < -0.4 is 9.88 Å². The van der Waals surface area contributed by atoms with Crippen molar-refractivity contribution in [3.05, 3.63) is 92.3 Å². The Morgan fingerprint density at radius 3 is 2.68 bits per heavy atom. The average molecular weight is 497 g/mol. The molecule has 1 aromatic carbocycles. The normalized spacial score (nSPS) is 23.6. The van der Waals surface area contributed by atoms with Crippen LogP contribution in [0.15, 0.2) is 73.6 Å². The highest BCUT2D eigenvalue weighted by molar-refractivity contribution is 7.59. The highest BCUT2D eigenvalue weighted by Gasteiger charge is 2.43. The van der Waals surface area contributed by atoms with E-state index in [4.69, 9.17) is 0 Å². The first-order valence-electron chi connectivity index (χ1n) is 11.1. The molecule has 5 nitrogen and oxygen atoms in total. The lowest BCUT2D eigenvalue weighted by Crippen LogP contribution is -2.57. The van der Waals surface area contributed by atoms with E-state index in [1.807, 2.05) is 60.4 Å². The fourth-order valence-corrected chi connectivity index (χ4v) is 5.47. The Labute approximate surface area is 217 Å². The summed E-state index contributed by atoms with van der Waals surface area (Å²) in [7, 11) is 1.91. The second-order valence-corrected chi connectivity index (χ2v) is 8.81. The van der Waals surface area contributed by atoms with Gasteiger partial charge in [0, 0.05) is 36.3 Å². The molecule has 7 heteroatoms. The number of piperidine rings is 3. The highest BCUT2D eigenvalue weighted by Crippen LogP contribution is 2.42. The molecular formula is C27H36N4OS2. The van der Waals surface area contributed by atoms with E-state index in [2.05, 4.69) is 40.0 Å². The van der Waals surface area contributed by atoms with Crippen LogP contribution in [0.25, 0.3) is 10.9 Å². The number of aryl methyl sites for hydroxylation is 1. The van der Waals surface area contributed by atoms with E-state index in [0.29, 0.717) is 17.5 Å². The van der Waals surface area contributed by atoms with E-state index in [9.17, 15) is 4.79 Å². The number of pyridine rings is 2. The first-order chi connectivity index (χ1) is 15.2. The molecule has 2 aromatic heterocycles. The van der Waals surface area contributed by atoms with Gasteiger partial charge in [0.1, 0.15) is 7.05 Å². The lowest BCUT2D eigenvalue weighted by molar-refractivity contribution is -0.673. The lowest BCUT2D eigenvalue weighted by Gasteiger charge is -2.51. The summed E-state index contributed by atoms with van der Waals surface area (Å²) in [6.07, 6.45) is 8.17. The van der Waals surface area contributed by atoms with Gasteiger partial charge in [0.05, 0.1) is 11.6 Å². The molecule has 3 fully saturated rings. The molecule has 3 aromatic rings. The molecule has 3 aliphatic rings. The van der Waals surface area contributed by atoms with Gasteiger partial charge in [-0.15, -0.1) is 6.58 Å². The van der Waals surface area contributed by atoms with Gasteiger partial charge in [-0.3, -0.25) is 14.7 Å². The first-order valence-corrected chi connectivity index (χ1v) is 11.1. The van der Waals surface area contributed by atoms with Crippen molar-refractivity contribution in [2.45, 2.75) is 24.9 Å². The number of carbonyl (C=O) groups is 1. The molecule has 3 saturated heterocycles. The van der Waals surface area contributed by atoms with E-state index < -0.39 is 0 Å². The van der Waals surface area contributed by atoms with Crippen LogP contribution in [-0.2, 0) is 7.05 Å². The van der Waals surface area contributed by atoms with Gasteiger partial charge in [-0.2, -0.15) is 31.6 Å². The molecule has 1 amide bonds. The van der Waals surface area contributed by atoms with Crippen LogP contribution in [0.3, 0.4) is 0 Å². The number of nitrogens with one attached hydrogen (secondary N) is 1. The molecule has 3 unspecified atom stereocenters. The summed E-state index contributed by atoms with van der Waals surface area (Å²) in [5, 5.41) is 4.52. The Kier molecular flexibility index (Phi) is 9.74. The van der Waals surface area contributed by atoms with Crippen molar-refractivity contribution in [1.29, 1.82) is 0 Å². The zero-order valence-corrected chi connectivity index (χ0v) is 21.9. The third kappa shape index (κ3) is 5.16. The maximum absolute atomic E-state index is 13.4. The second-order valence-electron chi connectivity index (χ2n) is 8.81. The number of amides is 1. The van der Waals surface area contributed by atoms with E-state index in [1.54, 1.807) is 0 Å². The predicted molar refractivity (Wildman–Crippen MR) is 149 cm³/mol. The Morgan fingerprint density at radius 1 is 1.21 bits per heavy atom.